The summed E-state index contributed by atoms with van der Waals surface area (Å²) in [7, 11) is -4.40. The summed E-state index contributed by atoms with van der Waals surface area (Å²) >= 11 is 0. The van der Waals surface area contributed by atoms with Crippen LogP contribution in [0.3, 0.4) is 0 Å². The van der Waals surface area contributed by atoms with Crippen molar-refractivity contribution < 1.29 is 37.6 Å². The summed E-state index contributed by atoms with van der Waals surface area (Å²) in [5.74, 6) is -0.853. The van der Waals surface area contributed by atoms with Crippen LogP contribution >= 0.6 is 7.82 Å². The molecule has 0 fully saturated rings. The Balaban J connectivity index is 3.85. The molecule has 476 valence electrons. The lowest BCUT2D eigenvalue weighted by Crippen LogP contribution is -2.29. The van der Waals surface area contributed by atoms with Crippen LogP contribution in [-0.4, -0.2) is 49.3 Å². The molecule has 0 spiro atoms. The van der Waals surface area contributed by atoms with Gasteiger partial charge < -0.3 is 20.1 Å². The van der Waals surface area contributed by atoms with Crippen molar-refractivity contribution in [2.24, 2.45) is 5.73 Å². The van der Waals surface area contributed by atoms with Gasteiger partial charge in [-0.15, -0.1) is 0 Å². The van der Waals surface area contributed by atoms with Gasteiger partial charge in [0.1, 0.15) is 6.61 Å². The normalized spacial score (nSPS) is 13.7. The summed E-state index contributed by atoms with van der Waals surface area (Å²) in [6.07, 6.45) is 94.4. The van der Waals surface area contributed by atoms with Crippen LogP contribution in [0.4, 0.5) is 0 Å². The van der Waals surface area contributed by atoms with E-state index in [9.17, 15) is 19.0 Å². The minimum Gasteiger partial charge on any atom is -0.462 e. The first kappa shape index (κ1) is 79.4. The fraction of sp³-hybridized carbons (Fsp3) is 0.699. The van der Waals surface area contributed by atoms with Gasteiger partial charge in [-0.3, -0.25) is 18.6 Å². The number of carbonyl (C=O) groups excluding carboxylic acids is 2. The van der Waals surface area contributed by atoms with Crippen LogP contribution < -0.4 is 5.73 Å². The highest BCUT2D eigenvalue weighted by atomic mass is 31.2. The molecular weight excluding hydrogens is 1050 g/mol. The molecule has 0 aromatic rings. The van der Waals surface area contributed by atoms with Gasteiger partial charge in [-0.05, 0) is 103 Å². The van der Waals surface area contributed by atoms with Crippen molar-refractivity contribution in [2.45, 2.75) is 302 Å². The van der Waals surface area contributed by atoms with E-state index >= 15 is 0 Å². The molecule has 0 aliphatic heterocycles. The van der Waals surface area contributed by atoms with Crippen molar-refractivity contribution in [3.63, 3.8) is 0 Å². The van der Waals surface area contributed by atoms with E-state index in [1.165, 1.54) is 154 Å². The van der Waals surface area contributed by atoms with Crippen LogP contribution in [0.1, 0.15) is 296 Å². The predicted molar refractivity (Wildman–Crippen MR) is 358 cm³/mol. The van der Waals surface area contributed by atoms with Gasteiger partial charge in [0.2, 0.25) is 0 Å². The topological polar surface area (TPSA) is 134 Å². The van der Waals surface area contributed by atoms with Crippen LogP contribution in [0, 0.1) is 0 Å². The first-order chi connectivity index (χ1) is 40.8. The highest BCUT2D eigenvalue weighted by molar-refractivity contribution is 7.47. The van der Waals surface area contributed by atoms with Crippen LogP contribution in [-0.2, 0) is 32.7 Å². The molecule has 0 aliphatic rings. The van der Waals surface area contributed by atoms with Gasteiger partial charge in [-0.2, -0.15) is 0 Å². The van der Waals surface area contributed by atoms with Crippen LogP contribution in [0.2, 0.25) is 0 Å². The zero-order chi connectivity index (χ0) is 60.1. The standard InChI is InChI=1S/C73H126NO8P/c1-3-5-7-9-11-13-15-17-19-21-23-25-27-28-29-30-31-32-33-34-35-36-37-38-39-40-41-42-44-45-47-49-51-53-55-57-59-61-63-65-72(75)79-69-71(70-81-83(77,78)80-68-67-74)82-73(76)66-64-62-60-58-56-54-52-50-48-46-43-26-24-22-20-18-16-14-12-10-8-6-4-2/h5-8,11-14,17-20,23-26,46,48,52,54,71H,3-4,9-10,15-16,21-22,27-45,47,49-51,53,55-70,74H2,1-2H3,(H,77,78)/b7-5-,8-6-,13-11-,14-12-,19-17-,20-18-,25-23-,26-24-,48-46-,54-52-. The van der Waals surface area contributed by atoms with Gasteiger partial charge in [-0.1, -0.05) is 302 Å². The van der Waals surface area contributed by atoms with Gasteiger partial charge in [0.25, 0.3) is 0 Å². The Morgan fingerprint density at radius 1 is 0.361 bits per heavy atom. The van der Waals surface area contributed by atoms with E-state index in [1.54, 1.807) is 0 Å². The van der Waals surface area contributed by atoms with E-state index in [4.69, 9.17) is 24.3 Å². The van der Waals surface area contributed by atoms with Crippen LogP contribution in [0.5, 0.6) is 0 Å². The summed E-state index contributed by atoms with van der Waals surface area (Å²) < 4.78 is 33.1. The van der Waals surface area contributed by atoms with Crippen molar-refractivity contribution in [1.82, 2.24) is 0 Å². The Labute approximate surface area is 511 Å². The third-order valence-electron chi connectivity index (χ3n) is 14.3. The highest BCUT2D eigenvalue weighted by Crippen LogP contribution is 2.43. The average molecular weight is 1180 g/mol. The monoisotopic (exact) mass is 1180 g/mol. The van der Waals surface area contributed by atoms with Gasteiger partial charge >= 0.3 is 19.8 Å². The molecule has 0 amide bonds. The van der Waals surface area contributed by atoms with E-state index < -0.39 is 26.5 Å². The molecule has 0 aromatic carbocycles. The predicted octanol–water partition coefficient (Wildman–Crippen LogP) is 22.3. The lowest BCUT2D eigenvalue weighted by Gasteiger charge is -2.19. The Kier molecular flexibility index (Phi) is 64.6. The van der Waals surface area contributed by atoms with Gasteiger partial charge in [0, 0.05) is 19.4 Å². The second-order valence-electron chi connectivity index (χ2n) is 22.3. The first-order valence-electron chi connectivity index (χ1n) is 34.0. The summed E-state index contributed by atoms with van der Waals surface area (Å²) in [6.45, 7) is 3.50. The third kappa shape index (κ3) is 67.4. The molecule has 2 atom stereocenters. The molecular formula is C73H126NO8P. The van der Waals surface area contributed by atoms with E-state index in [2.05, 4.69) is 135 Å². The lowest BCUT2D eigenvalue weighted by molar-refractivity contribution is -0.161. The molecule has 0 rings (SSSR count). The lowest BCUT2D eigenvalue weighted by atomic mass is 10.0. The maximum Gasteiger partial charge on any atom is 0.472 e. The minimum atomic E-state index is -4.40. The number of phosphoric acid groups is 1. The summed E-state index contributed by atoms with van der Waals surface area (Å²) in [4.78, 5) is 35.3. The summed E-state index contributed by atoms with van der Waals surface area (Å²) in [5.41, 5.74) is 5.39. The number of hydrogen-bond acceptors (Lipinski definition) is 8. The number of phosphoric ester groups is 1. The highest BCUT2D eigenvalue weighted by Gasteiger charge is 2.26. The molecule has 0 aromatic heterocycles. The smallest absolute Gasteiger partial charge is 0.462 e. The average Bonchev–Trinajstić information content (AvgIpc) is 3.48. The molecule has 0 saturated carbocycles. The molecule has 0 saturated heterocycles. The Bertz CT molecular complexity index is 1770. The maximum absolute atomic E-state index is 12.7. The molecule has 2 unspecified atom stereocenters. The van der Waals surface area contributed by atoms with Crippen molar-refractivity contribution in [2.75, 3.05) is 26.4 Å². The second-order valence-corrected chi connectivity index (χ2v) is 23.7. The molecule has 0 aliphatic carbocycles. The summed E-state index contributed by atoms with van der Waals surface area (Å²) in [5, 5.41) is 0. The SMILES string of the molecule is CC/C=C\C/C=C\C/C=C\C/C=C\C/C=C\C/C=C\CCCCCCC(=O)OC(COC(=O)CCCCCCCCCCCCCCCCCCCCCCCCCCCC/C=C\C/C=C\C/C=C\C/C=C\CC)COP(=O)(O)OCCN. The first-order valence-corrected chi connectivity index (χ1v) is 35.5. The molecule has 83 heavy (non-hydrogen) atoms. The minimum absolute atomic E-state index is 0.0447. The van der Waals surface area contributed by atoms with Crippen molar-refractivity contribution in [1.29, 1.82) is 0 Å². The fourth-order valence-corrected chi connectivity index (χ4v) is 10.2. The Hall–Kier alpha value is -3.59. The Morgan fingerprint density at radius 2 is 0.627 bits per heavy atom. The molecule has 10 heteroatoms. The number of nitrogens with two attached hydrogens (primary N) is 1. The van der Waals surface area contributed by atoms with Gasteiger partial charge in [0.05, 0.1) is 13.2 Å². The van der Waals surface area contributed by atoms with Crippen molar-refractivity contribution in [3.05, 3.63) is 122 Å². The fourth-order valence-electron chi connectivity index (χ4n) is 9.40. The molecule has 0 radical (unpaired) electrons. The quantitative estimate of drug-likeness (QED) is 0.0264. The number of hydrogen-bond donors (Lipinski definition) is 2. The molecule has 0 bridgehead atoms. The van der Waals surface area contributed by atoms with Gasteiger partial charge in [0.15, 0.2) is 6.10 Å². The second kappa shape index (κ2) is 67.5. The molecule has 9 nitrogen and oxygen atoms in total. The molecule has 3 N–H and O–H groups in total. The number of allylic oxidation sites excluding steroid dienone is 20. The largest absolute Gasteiger partial charge is 0.472 e. The summed E-state index contributed by atoms with van der Waals surface area (Å²) in [6, 6.07) is 0. The number of carbonyl (C=O) groups is 2. The van der Waals surface area contributed by atoms with E-state index in [-0.39, 0.29) is 38.6 Å². The van der Waals surface area contributed by atoms with E-state index in [0.717, 1.165) is 109 Å². The number of ether oxygens (including phenoxy) is 2. The third-order valence-corrected chi connectivity index (χ3v) is 15.3. The van der Waals surface area contributed by atoms with Crippen LogP contribution in [0.25, 0.3) is 0 Å². The van der Waals surface area contributed by atoms with E-state index in [1.807, 2.05) is 0 Å². The molecule has 0 heterocycles. The Morgan fingerprint density at radius 3 is 0.928 bits per heavy atom. The van der Waals surface area contributed by atoms with E-state index in [0.29, 0.717) is 6.42 Å². The zero-order valence-electron chi connectivity index (χ0n) is 53.4. The van der Waals surface area contributed by atoms with Crippen molar-refractivity contribution in [3.8, 4) is 0 Å². The number of rotatable bonds is 63. The van der Waals surface area contributed by atoms with Crippen LogP contribution in [0.15, 0.2) is 122 Å². The van der Waals surface area contributed by atoms with Crippen molar-refractivity contribution >= 4 is 19.8 Å². The number of esters is 2. The zero-order valence-corrected chi connectivity index (χ0v) is 54.3. The maximum atomic E-state index is 12.7. The van der Waals surface area contributed by atoms with Gasteiger partial charge in [-0.25, -0.2) is 4.57 Å². The number of unbranched alkanes of at least 4 members (excludes halogenated alkanes) is 30.